The van der Waals surface area contributed by atoms with Gasteiger partial charge in [-0.05, 0) is 37.8 Å². The standard InChI is InChI=1S/C15H20N2O/c1-3-13-11-4-5-12(6-7-14(16)18)15(13,17)9-10(2)8-11/h3,5-8,11H,4,9,17H2,1-2H3,(H2,16,18)/b7-6-,13-3+/t11?,15-/m0/s1. The molecule has 0 heterocycles. The second-order valence-corrected chi connectivity index (χ2v) is 5.14. The Kier molecular flexibility index (Phi) is 3.26. The molecule has 2 bridgehead atoms. The van der Waals surface area contributed by atoms with Gasteiger partial charge in [0.15, 0.2) is 0 Å². The Morgan fingerprint density at radius 1 is 1.56 bits per heavy atom. The van der Waals surface area contributed by atoms with Gasteiger partial charge in [-0.1, -0.05) is 29.9 Å². The van der Waals surface area contributed by atoms with E-state index >= 15 is 0 Å². The highest BCUT2D eigenvalue weighted by atomic mass is 16.1. The zero-order chi connectivity index (χ0) is 13.3. The van der Waals surface area contributed by atoms with Crippen LogP contribution >= 0.6 is 0 Å². The van der Waals surface area contributed by atoms with Crippen molar-refractivity contribution in [1.29, 1.82) is 0 Å². The van der Waals surface area contributed by atoms with Crippen molar-refractivity contribution in [3.05, 3.63) is 47.1 Å². The Morgan fingerprint density at radius 3 is 2.89 bits per heavy atom. The number of hydrogen-bond donors (Lipinski definition) is 2. The van der Waals surface area contributed by atoms with Crippen LogP contribution in [0.4, 0.5) is 0 Å². The monoisotopic (exact) mass is 244 g/mol. The van der Waals surface area contributed by atoms with E-state index in [0.717, 1.165) is 18.4 Å². The van der Waals surface area contributed by atoms with Crippen molar-refractivity contribution in [3.63, 3.8) is 0 Å². The number of primary amides is 1. The van der Waals surface area contributed by atoms with Gasteiger partial charge in [-0.25, -0.2) is 0 Å². The molecule has 3 nitrogen and oxygen atoms in total. The first kappa shape index (κ1) is 12.8. The molecule has 0 aromatic carbocycles. The summed E-state index contributed by atoms with van der Waals surface area (Å²) in [5.74, 6) is -0.0359. The SMILES string of the molecule is C/C=C1\C2C=C(C)C[C@]1(N)C(/C=C\C(N)=O)=CC2. The molecule has 2 aliphatic rings. The van der Waals surface area contributed by atoms with Gasteiger partial charge in [0, 0.05) is 12.0 Å². The summed E-state index contributed by atoms with van der Waals surface area (Å²) < 4.78 is 0. The van der Waals surface area contributed by atoms with Gasteiger partial charge in [0.2, 0.25) is 5.91 Å². The molecule has 0 radical (unpaired) electrons. The van der Waals surface area contributed by atoms with Gasteiger partial charge in [0.25, 0.3) is 0 Å². The summed E-state index contributed by atoms with van der Waals surface area (Å²) in [6.45, 7) is 4.14. The molecule has 2 rings (SSSR count). The number of carbonyl (C=O) groups excluding carboxylic acids is 1. The molecule has 96 valence electrons. The fraction of sp³-hybridized carbons (Fsp3) is 0.400. The van der Waals surface area contributed by atoms with Gasteiger partial charge in [-0.15, -0.1) is 0 Å². The molecule has 0 spiro atoms. The number of nitrogens with two attached hydrogens (primary N) is 2. The summed E-state index contributed by atoms with van der Waals surface area (Å²) in [4.78, 5) is 10.9. The lowest BCUT2D eigenvalue weighted by Crippen LogP contribution is -2.49. The first-order valence-corrected chi connectivity index (χ1v) is 6.28. The third-order valence-electron chi connectivity index (χ3n) is 3.80. The van der Waals surface area contributed by atoms with E-state index in [1.165, 1.54) is 17.2 Å². The number of fused-ring (bicyclic) bond motifs is 2. The maximum absolute atomic E-state index is 10.9. The molecular formula is C15H20N2O. The molecule has 2 aliphatic carbocycles. The van der Waals surface area contributed by atoms with Crippen LogP contribution in [0.25, 0.3) is 0 Å². The fourth-order valence-corrected chi connectivity index (χ4v) is 3.12. The molecule has 0 aromatic rings. The van der Waals surface area contributed by atoms with Gasteiger partial charge < -0.3 is 11.5 Å². The molecule has 3 heteroatoms. The zero-order valence-corrected chi connectivity index (χ0v) is 10.9. The number of hydrogen-bond acceptors (Lipinski definition) is 2. The van der Waals surface area contributed by atoms with Crippen molar-refractivity contribution < 1.29 is 4.79 Å². The summed E-state index contributed by atoms with van der Waals surface area (Å²) in [6, 6.07) is 0. The number of amides is 1. The minimum atomic E-state index is -0.470. The van der Waals surface area contributed by atoms with Gasteiger partial charge in [-0.2, -0.15) is 0 Å². The summed E-state index contributed by atoms with van der Waals surface area (Å²) >= 11 is 0. The van der Waals surface area contributed by atoms with Crippen LogP contribution in [-0.4, -0.2) is 11.4 Å². The fourth-order valence-electron chi connectivity index (χ4n) is 3.12. The Hall–Kier alpha value is -1.61. The van der Waals surface area contributed by atoms with Gasteiger partial charge >= 0.3 is 0 Å². The van der Waals surface area contributed by atoms with Crippen molar-refractivity contribution in [2.75, 3.05) is 0 Å². The Balaban J connectivity index is 2.44. The minimum Gasteiger partial charge on any atom is -0.366 e. The minimum absolute atomic E-state index is 0.402. The van der Waals surface area contributed by atoms with Crippen LogP contribution in [0.3, 0.4) is 0 Å². The molecule has 4 N–H and O–H groups in total. The Bertz CT molecular complexity index is 497. The van der Waals surface area contributed by atoms with Crippen molar-refractivity contribution in [2.24, 2.45) is 17.4 Å². The van der Waals surface area contributed by atoms with Crippen LogP contribution in [-0.2, 0) is 4.79 Å². The largest absolute Gasteiger partial charge is 0.366 e. The van der Waals surface area contributed by atoms with Crippen LogP contribution in [0.5, 0.6) is 0 Å². The predicted octanol–water partition coefficient (Wildman–Crippen LogP) is 1.97. The molecule has 0 saturated heterocycles. The van der Waals surface area contributed by atoms with Crippen molar-refractivity contribution >= 4 is 5.91 Å². The smallest absolute Gasteiger partial charge is 0.241 e. The third kappa shape index (κ3) is 2.06. The number of allylic oxidation sites excluding steroid dienone is 3. The first-order valence-electron chi connectivity index (χ1n) is 6.28. The molecule has 0 aliphatic heterocycles. The van der Waals surface area contributed by atoms with Crippen molar-refractivity contribution in [1.82, 2.24) is 0 Å². The summed E-state index contributed by atoms with van der Waals surface area (Å²) in [5.41, 5.74) is 14.8. The second kappa shape index (κ2) is 4.58. The quantitative estimate of drug-likeness (QED) is 0.576. The molecule has 1 amide bonds. The van der Waals surface area contributed by atoms with E-state index in [0.29, 0.717) is 5.92 Å². The van der Waals surface area contributed by atoms with Gasteiger partial charge in [0.05, 0.1) is 5.54 Å². The van der Waals surface area contributed by atoms with Crippen LogP contribution < -0.4 is 11.5 Å². The topological polar surface area (TPSA) is 69.1 Å². The maximum atomic E-state index is 10.9. The number of carbonyl (C=O) groups is 1. The van der Waals surface area contributed by atoms with Crippen LogP contribution in [0.2, 0.25) is 0 Å². The first-order chi connectivity index (χ1) is 8.47. The summed E-state index contributed by atoms with van der Waals surface area (Å²) in [7, 11) is 0. The van der Waals surface area contributed by atoms with Crippen LogP contribution in [0, 0.1) is 5.92 Å². The van der Waals surface area contributed by atoms with Crippen molar-refractivity contribution in [2.45, 2.75) is 32.2 Å². The van der Waals surface area contributed by atoms with E-state index in [9.17, 15) is 4.79 Å². The molecule has 18 heavy (non-hydrogen) atoms. The molecule has 0 fully saturated rings. The van der Waals surface area contributed by atoms with Gasteiger partial charge in [0.1, 0.15) is 0 Å². The lowest BCUT2D eigenvalue weighted by molar-refractivity contribution is -0.113. The summed E-state index contributed by atoms with van der Waals surface area (Å²) in [5, 5.41) is 0. The maximum Gasteiger partial charge on any atom is 0.241 e. The lowest BCUT2D eigenvalue weighted by Gasteiger charge is -2.44. The Labute approximate surface area is 108 Å². The van der Waals surface area contributed by atoms with E-state index in [2.05, 4.69) is 25.2 Å². The average molecular weight is 244 g/mol. The van der Waals surface area contributed by atoms with Crippen molar-refractivity contribution in [3.8, 4) is 0 Å². The normalized spacial score (nSPS) is 33.5. The highest BCUT2D eigenvalue weighted by Gasteiger charge is 2.41. The molecule has 2 atom stereocenters. The number of rotatable bonds is 2. The molecule has 1 unspecified atom stereocenters. The van der Waals surface area contributed by atoms with Gasteiger partial charge in [-0.3, -0.25) is 4.79 Å². The Morgan fingerprint density at radius 2 is 2.28 bits per heavy atom. The van der Waals surface area contributed by atoms with E-state index in [1.54, 1.807) is 6.08 Å². The van der Waals surface area contributed by atoms with Crippen LogP contribution in [0.15, 0.2) is 47.1 Å². The average Bonchev–Trinajstić information content (AvgIpc) is 2.26. The predicted molar refractivity (Wildman–Crippen MR) is 73.6 cm³/mol. The second-order valence-electron chi connectivity index (χ2n) is 5.14. The lowest BCUT2D eigenvalue weighted by atomic mass is 9.64. The molecule has 0 saturated carbocycles. The third-order valence-corrected chi connectivity index (χ3v) is 3.80. The highest BCUT2D eigenvalue weighted by Crippen LogP contribution is 2.45. The molecule has 0 aromatic heterocycles. The van der Waals surface area contributed by atoms with E-state index in [-0.39, 0.29) is 0 Å². The molecular weight excluding hydrogens is 224 g/mol. The summed E-state index contributed by atoms with van der Waals surface area (Å²) in [6.07, 6.45) is 11.4. The van der Waals surface area contributed by atoms with E-state index < -0.39 is 11.4 Å². The van der Waals surface area contributed by atoms with Crippen LogP contribution in [0.1, 0.15) is 26.7 Å². The van der Waals surface area contributed by atoms with E-state index in [4.69, 9.17) is 11.5 Å². The zero-order valence-electron chi connectivity index (χ0n) is 10.9. The highest BCUT2D eigenvalue weighted by molar-refractivity contribution is 5.86. The van der Waals surface area contributed by atoms with E-state index in [1.807, 2.05) is 6.92 Å².